The van der Waals surface area contributed by atoms with Gasteiger partial charge in [-0.1, -0.05) is 20.8 Å². The van der Waals surface area contributed by atoms with Crippen LogP contribution in [0, 0.1) is 0 Å². The Morgan fingerprint density at radius 3 is 2.94 bits per heavy atom. The molecule has 3 rings (SSSR count). The lowest BCUT2D eigenvalue weighted by Gasteiger charge is -1.91. The molecule has 0 atom stereocenters. The number of Topliss-reactive ketones (excluding diaryl/α,β-unsaturated/α-hetero) is 1. The lowest BCUT2D eigenvalue weighted by Crippen LogP contribution is -1.93. The first-order valence-corrected chi connectivity index (χ1v) is 7.87. The van der Waals surface area contributed by atoms with Gasteiger partial charge in [-0.3, -0.25) is 9.20 Å². The molecule has 3 aromatic rings. The van der Waals surface area contributed by atoms with Gasteiger partial charge < -0.3 is 0 Å². The summed E-state index contributed by atoms with van der Waals surface area (Å²) in [7, 11) is 0. The summed E-state index contributed by atoms with van der Waals surface area (Å²) in [5, 5.41) is 2.01. The monoisotopic (exact) mass is 280 g/mol. The zero-order valence-corrected chi connectivity index (χ0v) is 12.4. The van der Waals surface area contributed by atoms with Crippen molar-refractivity contribution in [3.8, 4) is 0 Å². The minimum atomic E-state index is 0.231. The second kappa shape index (κ2) is 5.63. The molecule has 0 N–H and O–H groups in total. The maximum absolute atomic E-state index is 11.8. The molecule has 0 aliphatic carbocycles. The predicted molar refractivity (Wildman–Crippen MR) is 79.0 cm³/mol. The highest BCUT2D eigenvalue weighted by Gasteiger charge is 2.13. The van der Waals surface area contributed by atoms with Crippen LogP contribution in [-0.2, 0) is 0 Å². The van der Waals surface area contributed by atoms with Gasteiger partial charge >= 0.3 is 0 Å². The maximum atomic E-state index is 11.8. The number of hydrogen-bond acceptors (Lipinski definition) is 4. The van der Waals surface area contributed by atoms with Crippen molar-refractivity contribution in [3.05, 3.63) is 22.5 Å². The molecule has 0 aliphatic rings. The molecule has 3 aromatic heterocycles. The van der Waals surface area contributed by atoms with Crippen LogP contribution in [0.3, 0.4) is 0 Å². The third kappa shape index (κ3) is 2.20. The van der Waals surface area contributed by atoms with Gasteiger partial charge in [0.15, 0.2) is 10.7 Å². The highest BCUT2D eigenvalue weighted by Crippen LogP contribution is 2.28. The number of thiophene rings is 1. The van der Waals surface area contributed by atoms with Crippen LogP contribution >= 0.6 is 22.7 Å². The number of aromatic nitrogens is 2. The van der Waals surface area contributed by atoms with Gasteiger partial charge in [0.05, 0.1) is 10.4 Å². The van der Waals surface area contributed by atoms with Crippen LogP contribution in [0.15, 0.2) is 17.6 Å². The number of carbonyl (C=O) groups is 1. The fourth-order valence-electron chi connectivity index (χ4n) is 1.74. The molecule has 0 spiro atoms. The molecule has 0 aliphatic heterocycles. The fraction of sp³-hybridized carbons (Fsp3) is 0.385. The van der Waals surface area contributed by atoms with E-state index in [9.17, 15) is 4.79 Å². The Hall–Kier alpha value is -1.20. The van der Waals surface area contributed by atoms with Crippen molar-refractivity contribution >= 4 is 43.8 Å². The van der Waals surface area contributed by atoms with Crippen LogP contribution in [0.1, 0.15) is 43.3 Å². The summed E-state index contributed by atoms with van der Waals surface area (Å²) in [6, 6.07) is 1.96. The average Bonchev–Trinajstić information content (AvgIpc) is 3.02. The third-order valence-electron chi connectivity index (χ3n) is 2.49. The Bertz CT molecular complexity index is 663. The van der Waals surface area contributed by atoms with Crippen molar-refractivity contribution in [2.24, 2.45) is 0 Å². The number of hydrogen-bond donors (Lipinski definition) is 0. The highest BCUT2D eigenvalue weighted by atomic mass is 32.1. The number of rotatable bonds is 3. The van der Waals surface area contributed by atoms with Crippen molar-refractivity contribution < 1.29 is 4.79 Å². The lowest BCUT2D eigenvalue weighted by molar-refractivity contribution is 0.0985. The van der Waals surface area contributed by atoms with Crippen LogP contribution in [0.2, 0.25) is 0 Å². The summed E-state index contributed by atoms with van der Waals surface area (Å²) in [6.45, 7) is 6.02. The van der Waals surface area contributed by atoms with Crippen molar-refractivity contribution in [1.29, 1.82) is 0 Å². The molecule has 3 nitrogen and oxygen atoms in total. The van der Waals surface area contributed by atoms with E-state index in [1.54, 1.807) is 11.3 Å². The minimum Gasteiger partial charge on any atom is -0.293 e. The molecule has 18 heavy (non-hydrogen) atoms. The number of thiazole rings is 1. The standard InChI is InChI=1S/C11H10N2OS2.C2H6/c1-2-3-8(14)9-6-7-10(16-9)12-11-13(7)4-5-15-11;1-2/h4-6H,2-3H2,1H3;1-2H3. The van der Waals surface area contributed by atoms with E-state index in [1.165, 1.54) is 11.3 Å². The molecule has 0 bridgehead atoms. The molecule has 5 heteroatoms. The van der Waals surface area contributed by atoms with E-state index in [1.807, 2.05) is 42.8 Å². The summed E-state index contributed by atoms with van der Waals surface area (Å²) >= 11 is 3.12. The number of imidazole rings is 1. The van der Waals surface area contributed by atoms with Crippen LogP contribution in [0.5, 0.6) is 0 Å². The summed E-state index contributed by atoms with van der Waals surface area (Å²) in [6.07, 6.45) is 3.52. The zero-order valence-electron chi connectivity index (χ0n) is 10.8. The topological polar surface area (TPSA) is 34.4 Å². The predicted octanol–water partition coefficient (Wildman–Crippen LogP) is 4.62. The fourth-order valence-corrected chi connectivity index (χ4v) is 3.50. The summed E-state index contributed by atoms with van der Waals surface area (Å²) in [5.74, 6) is 0.231. The maximum Gasteiger partial charge on any atom is 0.195 e. The van der Waals surface area contributed by atoms with Gasteiger partial charge in [-0.05, 0) is 12.5 Å². The van der Waals surface area contributed by atoms with Crippen molar-refractivity contribution in [2.75, 3.05) is 0 Å². The summed E-state index contributed by atoms with van der Waals surface area (Å²) in [4.78, 5) is 19.0. The van der Waals surface area contributed by atoms with E-state index >= 15 is 0 Å². The van der Waals surface area contributed by atoms with Crippen LogP contribution in [0.25, 0.3) is 15.3 Å². The average molecular weight is 280 g/mol. The number of ketones is 1. The quantitative estimate of drug-likeness (QED) is 0.656. The second-order valence-corrected chi connectivity index (χ2v) is 5.55. The summed E-state index contributed by atoms with van der Waals surface area (Å²) < 4.78 is 2.04. The highest BCUT2D eigenvalue weighted by molar-refractivity contribution is 7.21. The van der Waals surface area contributed by atoms with E-state index in [4.69, 9.17) is 0 Å². The first kappa shape index (κ1) is 13.2. The molecule has 0 radical (unpaired) electrons. The van der Waals surface area contributed by atoms with E-state index < -0.39 is 0 Å². The smallest absolute Gasteiger partial charge is 0.195 e. The van der Waals surface area contributed by atoms with Gasteiger partial charge in [-0.15, -0.1) is 22.7 Å². The van der Waals surface area contributed by atoms with Gasteiger partial charge in [0.25, 0.3) is 0 Å². The first-order chi connectivity index (χ1) is 8.79. The van der Waals surface area contributed by atoms with E-state index in [-0.39, 0.29) is 5.78 Å². The number of nitrogens with zero attached hydrogens (tertiary/aromatic N) is 2. The first-order valence-electron chi connectivity index (χ1n) is 6.18. The van der Waals surface area contributed by atoms with E-state index in [2.05, 4.69) is 4.98 Å². The molecular weight excluding hydrogens is 264 g/mol. The van der Waals surface area contributed by atoms with Crippen LogP contribution in [-0.4, -0.2) is 15.2 Å². The molecule has 0 amide bonds. The third-order valence-corrected chi connectivity index (χ3v) is 4.31. The largest absolute Gasteiger partial charge is 0.293 e. The SMILES string of the molecule is CC.CCCC(=O)c1cc2c(nc3sccn32)s1. The Morgan fingerprint density at radius 1 is 1.44 bits per heavy atom. The van der Waals surface area contributed by atoms with Crippen molar-refractivity contribution in [3.63, 3.8) is 0 Å². The summed E-state index contributed by atoms with van der Waals surface area (Å²) in [5.41, 5.74) is 1.06. The molecule has 96 valence electrons. The normalized spacial score (nSPS) is 10.6. The van der Waals surface area contributed by atoms with Gasteiger partial charge in [0, 0.05) is 18.0 Å². The molecule has 3 heterocycles. The zero-order chi connectivity index (χ0) is 13.1. The van der Waals surface area contributed by atoms with Crippen LogP contribution < -0.4 is 0 Å². The van der Waals surface area contributed by atoms with Gasteiger partial charge in [0.1, 0.15) is 4.83 Å². The molecule has 0 unspecified atom stereocenters. The molecule has 0 saturated carbocycles. The Balaban J connectivity index is 0.000000574. The Kier molecular flexibility index (Phi) is 4.14. The van der Waals surface area contributed by atoms with Crippen molar-refractivity contribution in [1.82, 2.24) is 9.38 Å². The van der Waals surface area contributed by atoms with Crippen molar-refractivity contribution in [2.45, 2.75) is 33.6 Å². The van der Waals surface area contributed by atoms with Gasteiger partial charge in [-0.2, -0.15) is 0 Å². The molecule has 0 fully saturated rings. The molecule has 0 saturated heterocycles. The Morgan fingerprint density at radius 2 is 2.22 bits per heavy atom. The van der Waals surface area contributed by atoms with Gasteiger partial charge in [0.2, 0.25) is 0 Å². The molecular formula is C13H16N2OS2. The molecule has 0 aromatic carbocycles. The van der Waals surface area contributed by atoms with E-state index in [0.717, 1.165) is 26.6 Å². The Labute approximate surface area is 114 Å². The van der Waals surface area contributed by atoms with Crippen LogP contribution in [0.4, 0.5) is 0 Å². The minimum absolute atomic E-state index is 0.231. The number of fused-ring (bicyclic) bond motifs is 3. The van der Waals surface area contributed by atoms with Gasteiger partial charge in [-0.25, -0.2) is 4.98 Å². The van der Waals surface area contributed by atoms with E-state index in [0.29, 0.717) is 6.42 Å². The second-order valence-electron chi connectivity index (χ2n) is 3.64. The lowest BCUT2D eigenvalue weighted by atomic mass is 10.2. The number of carbonyl (C=O) groups excluding carboxylic acids is 1.